The Bertz CT molecular complexity index is 732. The predicted octanol–water partition coefficient (Wildman–Crippen LogP) is 9.68. The minimum atomic E-state index is -2.18. The number of aliphatic hydroxyl groups is 5. The molecule has 0 fully saturated rings. The molecule has 0 aliphatic heterocycles. The maximum atomic E-state index is 10.3. The van der Waals surface area contributed by atoms with Gasteiger partial charge in [-0.25, -0.2) is 0 Å². The maximum absolute atomic E-state index is 10.3. The van der Waals surface area contributed by atoms with Gasteiger partial charge in [0, 0.05) is 12.8 Å². The largest absolute Gasteiger partial charge is 0.481 e. The third kappa shape index (κ3) is 43.0. The highest BCUT2D eigenvalue weighted by Crippen LogP contribution is 2.18. The first kappa shape index (κ1) is 55.7. The smallest absolute Gasteiger partial charge is 0.303 e. The van der Waals surface area contributed by atoms with E-state index >= 15 is 0 Å². The van der Waals surface area contributed by atoms with Gasteiger partial charge in [-0.05, 0) is 19.8 Å². The number of hydrogen-bond acceptors (Lipinski definition) is 8. The van der Waals surface area contributed by atoms with Gasteiger partial charge in [0.15, 0.2) is 6.29 Å². The van der Waals surface area contributed by atoms with Gasteiger partial charge >= 0.3 is 11.9 Å². The first-order valence-electron chi connectivity index (χ1n) is 21.7. The second-order valence-corrected chi connectivity index (χ2v) is 15.2. The lowest BCUT2D eigenvalue weighted by atomic mass is 9.90. The van der Waals surface area contributed by atoms with Crippen LogP contribution in [0.25, 0.3) is 0 Å². The molecule has 10 heteroatoms. The molecule has 0 aromatic rings. The molecule has 0 saturated heterocycles. The average Bonchev–Trinajstić information content (AvgIpc) is 3.14. The molecule has 0 aromatic heterocycles. The molecule has 0 saturated carbocycles. The van der Waals surface area contributed by atoms with Crippen molar-refractivity contribution in [2.45, 2.75) is 250 Å². The number of hydrogen-bond donors (Lipinski definition) is 7. The van der Waals surface area contributed by atoms with Crippen molar-refractivity contribution in [3.63, 3.8) is 0 Å². The Labute approximate surface area is 324 Å². The second-order valence-electron chi connectivity index (χ2n) is 15.2. The number of aliphatic hydroxyl groups excluding tert-OH is 4. The van der Waals surface area contributed by atoms with Crippen molar-refractivity contribution < 1.29 is 50.1 Å². The molecule has 4 atom stereocenters. The standard InChI is InChI=1S/2C18H36O2.C7H14O6/c2*1-2-3-4-5-6-7-8-9-10-11-12-13-14-15-16-17-18(19)20;1-7(13,5(11)3-9)6(12)4(10)2-8/h2*2-17H2,1H3,(H,19,20);3-6,8,10-13H,2H2,1H3. The summed E-state index contributed by atoms with van der Waals surface area (Å²) in [7, 11) is 0. The van der Waals surface area contributed by atoms with E-state index in [2.05, 4.69) is 13.8 Å². The molecule has 0 bridgehead atoms. The Morgan fingerprint density at radius 2 is 0.717 bits per heavy atom. The first-order chi connectivity index (χ1) is 25.4. The molecule has 0 rings (SSSR count). The lowest BCUT2D eigenvalue weighted by molar-refractivity contribution is -0.173. The topological polar surface area (TPSA) is 193 Å². The van der Waals surface area contributed by atoms with Gasteiger partial charge in [0.1, 0.15) is 23.9 Å². The zero-order valence-electron chi connectivity index (χ0n) is 34.5. The summed E-state index contributed by atoms with van der Waals surface area (Å²) in [5, 5.41) is 61.8. The highest BCUT2D eigenvalue weighted by Gasteiger charge is 2.41. The first-order valence-corrected chi connectivity index (χ1v) is 21.7. The molecular formula is C43H86O10. The van der Waals surface area contributed by atoms with Gasteiger partial charge in [-0.3, -0.25) is 9.59 Å². The fourth-order valence-corrected chi connectivity index (χ4v) is 6.10. The Morgan fingerprint density at radius 1 is 0.491 bits per heavy atom. The van der Waals surface area contributed by atoms with Crippen LogP contribution in [0.4, 0.5) is 0 Å². The number of rotatable bonds is 37. The van der Waals surface area contributed by atoms with E-state index in [1.165, 1.54) is 167 Å². The lowest BCUT2D eigenvalue weighted by Crippen LogP contribution is -2.56. The van der Waals surface area contributed by atoms with Gasteiger partial charge in [0.05, 0.1) is 6.61 Å². The molecular weight excluding hydrogens is 676 g/mol. The molecule has 0 amide bonds. The van der Waals surface area contributed by atoms with Gasteiger partial charge in [-0.1, -0.05) is 194 Å². The fourth-order valence-electron chi connectivity index (χ4n) is 6.10. The quantitative estimate of drug-likeness (QED) is 0.0237. The van der Waals surface area contributed by atoms with E-state index in [1.54, 1.807) is 0 Å². The second kappa shape index (κ2) is 43.1. The van der Waals surface area contributed by atoms with Crippen molar-refractivity contribution in [1.82, 2.24) is 0 Å². The number of carbonyl (C=O) groups excluding carboxylic acids is 1. The molecule has 10 nitrogen and oxygen atoms in total. The normalized spacial score (nSPS) is 13.8. The van der Waals surface area contributed by atoms with Gasteiger partial charge in [-0.15, -0.1) is 0 Å². The van der Waals surface area contributed by atoms with E-state index < -0.39 is 42.5 Å². The van der Waals surface area contributed by atoms with Gasteiger partial charge in [0.25, 0.3) is 0 Å². The summed E-state index contributed by atoms with van der Waals surface area (Å²) >= 11 is 0. The molecule has 0 aliphatic carbocycles. The van der Waals surface area contributed by atoms with E-state index in [0.29, 0.717) is 12.8 Å². The summed E-state index contributed by atoms with van der Waals surface area (Å²) in [6, 6.07) is 0. The number of aliphatic carboxylic acids is 2. The summed E-state index contributed by atoms with van der Waals surface area (Å²) < 4.78 is 0. The number of carboxylic acids is 2. The summed E-state index contributed by atoms with van der Waals surface area (Å²) in [6.07, 6.45) is 35.2. The summed E-state index contributed by atoms with van der Waals surface area (Å²) in [5.74, 6) is -1.31. The SMILES string of the molecule is CC(O)(C(O)C=O)C(O)C(O)CO.CCCCCCCCCCCCCCCCCC(=O)O.CCCCCCCCCCCCCCCCCC(=O)O. The van der Waals surface area contributed by atoms with Crippen LogP contribution < -0.4 is 0 Å². The van der Waals surface area contributed by atoms with Crippen LogP contribution in [0.1, 0.15) is 226 Å². The van der Waals surface area contributed by atoms with E-state index in [-0.39, 0.29) is 6.29 Å². The number of carboxylic acid groups (broad SMARTS) is 2. The number of carbonyl (C=O) groups is 3. The molecule has 0 spiro atoms. The molecule has 318 valence electrons. The summed E-state index contributed by atoms with van der Waals surface area (Å²) in [6.45, 7) is 4.75. The molecule has 0 aromatic carbocycles. The van der Waals surface area contributed by atoms with Crippen LogP contribution in [-0.4, -0.2) is 84.5 Å². The van der Waals surface area contributed by atoms with Gasteiger partial charge in [-0.2, -0.15) is 0 Å². The monoisotopic (exact) mass is 763 g/mol. The summed E-state index contributed by atoms with van der Waals surface area (Å²) in [5.41, 5.74) is -2.18. The van der Waals surface area contributed by atoms with Crippen LogP contribution in [0.3, 0.4) is 0 Å². The van der Waals surface area contributed by atoms with Crippen molar-refractivity contribution >= 4 is 18.2 Å². The Hall–Kier alpha value is -1.59. The number of aldehydes is 1. The fraction of sp³-hybridized carbons (Fsp3) is 0.930. The third-order valence-corrected chi connectivity index (χ3v) is 9.87. The van der Waals surface area contributed by atoms with E-state index in [4.69, 9.17) is 30.6 Å². The van der Waals surface area contributed by atoms with E-state index in [9.17, 15) is 19.5 Å². The van der Waals surface area contributed by atoms with E-state index in [0.717, 1.165) is 32.6 Å². The zero-order valence-corrected chi connectivity index (χ0v) is 34.5. The maximum Gasteiger partial charge on any atom is 0.303 e. The Morgan fingerprint density at radius 3 is 0.906 bits per heavy atom. The molecule has 7 N–H and O–H groups in total. The van der Waals surface area contributed by atoms with E-state index in [1.807, 2.05) is 0 Å². The van der Waals surface area contributed by atoms with Crippen LogP contribution in [0, 0.1) is 0 Å². The summed E-state index contributed by atoms with van der Waals surface area (Å²) in [4.78, 5) is 30.8. The molecule has 53 heavy (non-hydrogen) atoms. The van der Waals surface area contributed by atoms with Crippen molar-refractivity contribution in [3.05, 3.63) is 0 Å². The van der Waals surface area contributed by atoms with Crippen molar-refractivity contribution in [1.29, 1.82) is 0 Å². The average molecular weight is 763 g/mol. The van der Waals surface area contributed by atoms with Crippen molar-refractivity contribution in [2.24, 2.45) is 0 Å². The van der Waals surface area contributed by atoms with Crippen LogP contribution in [0.5, 0.6) is 0 Å². The molecule has 0 heterocycles. The van der Waals surface area contributed by atoms with Gasteiger partial charge < -0.3 is 40.5 Å². The van der Waals surface area contributed by atoms with Crippen LogP contribution in [0.2, 0.25) is 0 Å². The van der Waals surface area contributed by atoms with Crippen LogP contribution >= 0.6 is 0 Å². The minimum Gasteiger partial charge on any atom is -0.481 e. The lowest BCUT2D eigenvalue weighted by Gasteiger charge is -2.32. The minimum absolute atomic E-state index is 0.0350. The molecule has 0 radical (unpaired) electrons. The highest BCUT2D eigenvalue weighted by molar-refractivity contribution is 5.66. The third-order valence-electron chi connectivity index (χ3n) is 9.87. The highest BCUT2D eigenvalue weighted by atomic mass is 16.4. The van der Waals surface area contributed by atoms with Crippen LogP contribution in [-0.2, 0) is 14.4 Å². The number of unbranched alkanes of at least 4 members (excludes halogenated alkanes) is 28. The molecule has 4 unspecified atom stereocenters. The predicted molar refractivity (Wildman–Crippen MR) is 216 cm³/mol. The Kier molecular flexibility index (Phi) is 45.4. The van der Waals surface area contributed by atoms with Crippen molar-refractivity contribution in [3.8, 4) is 0 Å². The van der Waals surface area contributed by atoms with Crippen molar-refractivity contribution in [2.75, 3.05) is 6.61 Å². The van der Waals surface area contributed by atoms with Crippen LogP contribution in [0.15, 0.2) is 0 Å². The zero-order chi connectivity index (χ0) is 40.4. The molecule has 0 aliphatic rings. The Balaban J connectivity index is -0.000000726. The van der Waals surface area contributed by atoms with Gasteiger partial charge in [0.2, 0.25) is 0 Å².